The highest BCUT2D eigenvalue weighted by Crippen LogP contribution is 2.40. The molecule has 1 aromatic carbocycles. The third kappa shape index (κ3) is 6.38. The summed E-state index contributed by atoms with van der Waals surface area (Å²) in [7, 11) is 3.47. The van der Waals surface area contributed by atoms with Gasteiger partial charge in [0.05, 0.1) is 7.11 Å². The predicted octanol–water partition coefficient (Wildman–Crippen LogP) is 3.19. The molecule has 0 saturated carbocycles. The van der Waals surface area contributed by atoms with Crippen molar-refractivity contribution in [2.75, 3.05) is 47.0 Å². The van der Waals surface area contributed by atoms with E-state index < -0.39 is 0 Å². The molecule has 2 aliphatic heterocycles. The molecular formula is C22H34ClIN4O3. The van der Waals surface area contributed by atoms with Crippen molar-refractivity contribution < 1.29 is 14.3 Å². The molecule has 2 aliphatic rings. The fraction of sp³-hybridized carbons (Fsp3) is 0.636. The number of likely N-dealkylation sites (tertiary alicyclic amines) is 1. The van der Waals surface area contributed by atoms with Gasteiger partial charge in [-0.15, -0.1) is 24.0 Å². The average Bonchev–Trinajstić information content (AvgIpc) is 3.25. The van der Waals surface area contributed by atoms with Gasteiger partial charge in [0.25, 0.3) is 0 Å². The van der Waals surface area contributed by atoms with E-state index in [-0.39, 0.29) is 41.3 Å². The first kappa shape index (κ1) is 26.0. The number of guanidine groups is 1. The van der Waals surface area contributed by atoms with Crippen LogP contribution in [-0.2, 0) is 14.9 Å². The summed E-state index contributed by atoms with van der Waals surface area (Å²) in [6.45, 7) is 5.50. The minimum absolute atomic E-state index is 0. The normalized spacial score (nSPS) is 20.7. The van der Waals surface area contributed by atoms with Gasteiger partial charge in [-0.1, -0.05) is 18.5 Å². The highest BCUT2D eigenvalue weighted by atomic mass is 127. The summed E-state index contributed by atoms with van der Waals surface area (Å²) in [6, 6.07) is 6.00. The van der Waals surface area contributed by atoms with Crippen molar-refractivity contribution in [2.45, 2.75) is 44.1 Å². The molecule has 0 aliphatic carbocycles. The second-order valence-electron chi connectivity index (χ2n) is 7.99. The first-order valence-electron chi connectivity index (χ1n) is 10.7. The molecular weight excluding hydrogens is 531 g/mol. The lowest BCUT2D eigenvalue weighted by atomic mass is 9.73. The van der Waals surface area contributed by atoms with Crippen LogP contribution < -0.4 is 15.4 Å². The molecule has 0 radical (unpaired) electrons. The molecule has 2 fully saturated rings. The smallest absolute Gasteiger partial charge is 0.222 e. The Morgan fingerprint density at radius 3 is 2.77 bits per heavy atom. The van der Waals surface area contributed by atoms with Crippen molar-refractivity contribution in [3.63, 3.8) is 0 Å². The zero-order valence-corrected chi connectivity index (χ0v) is 21.7. The van der Waals surface area contributed by atoms with Gasteiger partial charge in [-0.3, -0.25) is 9.79 Å². The highest BCUT2D eigenvalue weighted by Gasteiger charge is 2.37. The molecule has 2 heterocycles. The fourth-order valence-electron chi connectivity index (χ4n) is 4.37. The molecule has 0 bridgehead atoms. The molecule has 174 valence electrons. The number of carbonyl (C=O) groups is 1. The van der Waals surface area contributed by atoms with E-state index in [0.717, 1.165) is 43.1 Å². The quantitative estimate of drug-likeness (QED) is 0.315. The topological polar surface area (TPSA) is 75.2 Å². The van der Waals surface area contributed by atoms with Crippen LogP contribution in [0.25, 0.3) is 0 Å². The van der Waals surface area contributed by atoms with Crippen molar-refractivity contribution >= 4 is 47.4 Å². The van der Waals surface area contributed by atoms with Gasteiger partial charge in [-0.05, 0) is 37.5 Å². The summed E-state index contributed by atoms with van der Waals surface area (Å²) < 4.78 is 11.3. The van der Waals surface area contributed by atoms with E-state index in [1.165, 1.54) is 0 Å². The Kier molecular flexibility index (Phi) is 10.2. The van der Waals surface area contributed by atoms with Crippen LogP contribution in [0, 0.1) is 0 Å². The first-order valence-corrected chi connectivity index (χ1v) is 11.1. The Labute approximate surface area is 207 Å². The highest BCUT2D eigenvalue weighted by molar-refractivity contribution is 14.0. The number of benzene rings is 1. The van der Waals surface area contributed by atoms with Gasteiger partial charge in [0, 0.05) is 68.4 Å². The van der Waals surface area contributed by atoms with E-state index in [0.29, 0.717) is 37.7 Å². The maximum atomic E-state index is 12.0. The summed E-state index contributed by atoms with van der Waals surface area (Å²) in [5, 5.41) is 7.69. The van der Waals surface area contributed by atoms with Crippen LogP contribution in [0.1, 0.15) is 38.2 Å². The van der Waals surface area contributed by atoms with Crippen molar-refractivity contribution in [2.24, 2.45) is 4.99 Å². The minimum atomic E-state index is -0.161. The number of carbonyl (C=O) groups excluding carboxylic acids is 1. The number of amides is 1. The van der Waals surface area contributed by atoms with Crippen LogP contribution in [-0.4, -0.2) is 69.8 Å². The van der Waals surface area contributed by atoms with Crippen molar-refractivity contribution in [3.8, 4) is 5.75 Å². The number of ether oxygens (including phenoxy) is 2. The maximum Gasteiger partial charge on any atom is 0.222 e. The molecule has 1 atom stereocenters. The molecule has 0 aromatic heterocycles. The fourth-order valence-corrected chi connectivity index (χ4v) is 4.54. The minimum Gasteiger partial charge on any atom is -0.496 e. The van der Waals surface area contributed by atoms with Crippen LogP contribution >= 0.6 is 35.6 Å². The lowest BCUT2D eigenvalue weighted by Crippen LogP contribution is -2.50. The lowest BCUT2D eigenvalue weighted by Gasteiger charge is -2.39. The SMILES string of the molecule is CCC(=O)N1CCC(NC(=NC)NCC2(c3cc(Cl)ccc3OC)CCOCC2)C1.I. The number of hydrogen-bond acceptors (Lipinski definition) is 4. The van der Waals surface area contributed by atoms with E-state index in [4.69, 9.17) is 21.1 Å². The number of halogens is 2. The molecule has 31 heavy (non-hydrogen) atoms. The van der Waals surface area contributed by atoms with Crippen LogP contribution in [0.4, 0.5) is 0 Å². The molecule has 1 aromatic rings. The van der Waals surface area contributed by atoms with Gasteiger partial charge in [0.1, 0.15) is 5.75 Å². The van der Waals surface area contributed by atoms with Gasteiger partial charge in [0.2, 0.25) is 5.91 Å². The monoisotopic (exact) mass is 564 g/mol. The summed E-state index contributed by atoms with van der Waals surface area (Å²) in [6.07, 6.45) is 3.21. The predicted molar refractivity (Wildman–Crippen MR) is 135 cm³/mol. The largest absolute Gasteiger partial charge is 0.496 e. The molecule has 1 amide bonds. The first-order chi connectivity index (χ1) is 14.5. The molecule has 1 unspecified atom stereocenters. The lowest BCUT2D eigenvalue weighted by molar-refractivity contribution is -0.129. The average molecular weight is 565 g/mol. The summed E-state index contributed by atoms with van der Waals surface area (Å²) in [5.41, 5.74) is 0.941. The molecule has 2 N–H and O–H groups in total. The number of hydrogen-bond donors (Lipinski definition) is 2. The summed E-state index contributed by atoms with van der Waals surface area (Å²) >= 11 is 6.33. The molecule has 0 spiro atoms. The van der Waals surface area contributed by atoms with Gasteiger partial charge >= 0.3 is 0 Å². The van der Waals surface area contributed by atoms with Gasteiger partial charge in [-0.25, -0.2) is 0 Å². The summed E-state index contributed by atoms with van der Waals surface area (Å²) in [5.74, 6) is 1.80. The molecule has 3 rings (SSSR count). The standard InChI is InChI=1S/C22H33ClN4O3.HI/c1-4-20(28)27-10-7-17(14-27)26-21(24-2)25-15-22(8-11-30-12-9-22)18-13-16(23)5-6-19(18)29-3;/h5-6,13,17H,4,7-12,14-15H2,1-3H3,(H2,24,25,26);1H. The van der Waals surface area contributed by atoms with Crippen molar-refractivity contribution in [1.82, 2.24) is 15.5 Å². The Morgan fingerprint density at radius 2 is 2.13 bits per heavy atom. The van der Waals surface area contributed by atoms with Gasteiger partial charge < -0.3 is 25.0 Å². The third-order valence-electron chi connectivity index (χ3n) is 6.18. The Balaban J connectivity index is 0.00000341. The van der Waals surface area contributed by atoms with Crippen LogP contribution in [0.3, 0.4) is 0 Å². The number of nitrogens with one attached hydrogen (secondary N) is 2. The number of aliphatic imine (C=N–C) groups is 1. The zero-order valence-electron chi connectivity index (χ0n) is 18.6. The van der Waals surface area contributed by atoms with Gasteiger partial charge in [-0.2, -0.15) is 0 Å². The van der Waals surface area contributed by atoms with E-state index >= 15 is 0 Å². The molecule has 7 nitrogen and oxygen atoms in total. The van der Waals surface area contributed by atoms with E-state index in [1.54, 1.807) is 14.2 Å². The second kappa shape index (κ2) is 12.1. The Bertz CT molecular complexity index is 771. The second-order valence-corrected chi connectivity index (χ2v) is 8.42. The zero-order chi connectivity index (χ0) is 21.6. The van der Waals surface area contributed by atoms with E-state index in [2.05, 4.69) is 15.6 Å². The van der Waals surface area contributed by atoms with E-state index in [9.17, 15) is 4.79 Å². The number of rotatable bonds is 6. The van der Waals surface area contributed by atoms with Crippen molar-refractivity contribution in [3.05, 3.63) is 28.8 Å². The number of nitrogens with zero attached hydrogens (tertiary/aromatic N) is 2. The van der Waals surface area contributed by atoms with E-state index in [1.807, 2.05) is 30.0 Å². The van der Waals surface area contributed by atoms with Crippen LogP contribution in [0.2, 0.25) is 5.02 Å². The maximum absolute atomic E-state index is 12.0. The molecule has 9 heteroatoms. The Morgan fingerprint density at radius 1 is 1.39 bits per heavy atom. The van der Waals surface area contributed by atoms with Gasteiger partial charge in [0.15, 0.2) is 5.96 Å². The summed E-state index contributed by atoms with van der Waals surface area (Å²) in [4.78, 5) is 18.3. The van der Waals surface area contributed by atoms with Crippen molar-refractivity contribution in [1.29, 1.82) is 0 Å². The Hall–Kier alpha value is -1.26. The van der Waals surface area contributed by atoms with Crippen LogP contribution in [0.15, 0.2) is 23.2 Å². The molecule has 2 saturated heterocycles. The third-order valence-corrected chi connectivity index (χ3v) is 6.42. The number of methoxy groups -OCH3 is 1. The van der Waals surface area contributed by atoms with Crippen LogP contribution in [0.5, 0.6) is 5.75 Å².